The summed E-state index contributed by atoms with van der Waals surface area (Å²) in [7, 11) is -1.52. The number of hydrogen-bond acceptors (Lipinski definition) is 9. The number of carbonyl (C=O) groups excluding carboxylic acids is 1. The van der Waals surface area contributed by atoms with E-state index >= 15 is 0 Å². The number of benzene rings is 1. The number of rotatable bonds is 3. The van der Waals surface area contributed by atoms with E-state index in [-0.39, 0.29) is 17.4 Å². The van der Waals surface area contributed by atoms with Crippen molar-refractivity contribution in [2.75, 3.05) is 48.9 Å². The molecule has 1 amide bonds. The van der Waals surface area contributed by atoms with Gasteiger partial charge in [0.15, 0.2) is 15.5 Å². The van der Waals surface area contributed by atoms with Gasteiger partial charge in [0.05, 0.1) is 35.7 Å². The normalized spacial score (nSPS) is 22.0. The molecule has 2 aliphatic heterocycles. The molecule has 11 heteroatoms. The van der Waals surface area contributed by atoms with E-state index in [0.717, 1.165) is 5.56 Å². The largest absolute Gasteiger partial charge is 0.383 e. The van der Waals surface area contributed by atoms with Crippen molar-refractivity contribution in [2.45, 2.75) is 12.0 Å². The van der Waals surface area contributed by atoms with Gasteiger partial charge in [-0.2, -0.15) is 9.97 Å². The summed E-state index contributed by atoms with van der Waals surface area (Å²) < 4.78 is 30.0. The minimum atomic E-state index is -3.11. The molecule has 2 aromatic heterocycles. The summed E-state index contributed by atoms with van der Waals surface area (Å²) in [5.74, 6) is 0.649. The number of nitrogen functional groups attached to an aromatic ring is 1. The maximum Gasteiger partial charge on any atom is 0.251 e. The van der Waals surface area contributed by atoms with Crippen LogP contribution in [0.1, 0.15) is 16.8 Å². The minimum absolute atomic E-state index is 0.00361. The fourth-order valence-electron chi connectivity index (χ4n) is 4.43. The second-order valence-electron chi connectivity index (χ2n) is 8.43. The Bertz CT molecular complexity index is 1360. The van der Waals surface area contributed by atoms with Crippen LogP contribution >= 0.6 is 0 Å². The summed E-state index contributed by atoms with van der Waals surface area (Å²) in [4.78, 5) is 27.7. The molecule has 1 spiro atoms. The maximum atomic E-state index is 12.0. The number of morpholine rings is 1. The van der Waals surface area contributed by atoms with Crippen molar-refractivity contribution in [3.8, 4) is 11.3 Å². The van der Waals surface area contributed by atoms with Crippen molar-refractivity contribution in [3.05, 3.63) is 42.0 Å². The number of anilines is 2. The van der Waals surface area contributed by atoms with Crippen LogP contribution in [0.25, 0.3) is 22.3 Å². The van der Waals surface area contributed by atoms with Gasteiger partial charge in [-0.3, -0.25) is 4.79 Å². The van der Waals surface area contributed by atoms with Crippen LogP contribution in [-0.4, -0.2) is 73.1 Å². The zero-order valence-electron chi connectivity index (χ0n) is 18.1. The molecule has 3 N–H and O–H groups in total. The quantitative estimate of drug-likeness (QED) is 0.576. The third-order valence-corrected chi connectivity index (χ3v) is 7.90. The predicted molar refractivity (Wildman–Crippen MR) is 125 cm³/mol. The molecule has 5 rings (SSSR count). The number of carbonyl (C=O) groups is 1. The molecule has 1 atom stereocenters. The molecule has 0 aliphatic carbocycles. The van der Waals surface area contributed by atoms with E-state index in [1.165, 1.54) is 0 Å². The van der Waals surface area contributed by atoms with Crippen LogP contribution in [0.3, 0.4) is 0 Å². The highest BCUT2D eigenvalue weighted by atomic mass is 32.2. The van der Waals surface area contributed by atoms with Gasteiger partial charge < -0.3 is 20.7 Å². The Labute approximate surface area is 191 Å². The third kappa shape index (κ3) is 4.09. The topological polar surface area (TPSA) is 140 Å². The zero-order chi connectivity index (χ0) is 23.2. The molecule has 0 unspecified atom stereocenters. The van der Waals surface area contributed by atoms with Gasteiger partial charge in [-0.25, -0.2) is 13.4 Å². The van der Waals surface area contributed by atoms with Gasteiger partial charge in [0.2, 0.25) is 5.95 Å². The lowest BCUT2D eigenvalue weighted by Crippen LogP contribution is -2.53. The molecule has 0 bridgehead atoms. The molecule has 172 valence electrons. The van der Waals surface area contributed by atoms with Gasteiger partial charge in [0, 0.05) is 24.7 Å². The Kier molecular flexibility index (Phi) is 5.17. The molecular formula is C22H24N6O4S. The fraction of sp³-hybridized carbons (Fsp3) is 0.364. The lowest BCUT2D eigenvalue weighted by atomic mass is 10.0. The molecule has 0 radical (unpaired) electrons. The zero-order valence-corrected chi connectivity index (χ0v) is 18.9. The summed E-state index contributed by atoms with van der Waals surface area (Å²) in [5.41, 5.74) is 7.88. The second-order valence-corrected chi connectivity index (χ2v) is 10.6. The van der Waals surface area contributed by atoms with Crippen molar-refractivity contribution in [2.24, 2.45) is 0 Å². The van der Waals surface area contributed by atoms with Gasteiger partial charge in [-0.15, -0.1) is 0 Å². The number of nitrogens with zero attached hydrogens (tertiary/aromatic N) is 4. The molecular weight excluding hydrogens is 444 g/mol. The number of hydrogen-bond donors (Lipinski definition) is 2. The van der Waals surface area contributed by atoms with Gasteiger partial charge in [0.1, 0.15) is 11.4 Å². The number of sulfone groups is 1. The monoisotopic (exact) mass is 468 g/mol. The summed E-state index contributed by atoms with van der Waals surface area (Å²) in [5, 5.41) is 3.24. The first-order chi connectivity index (χ1) is 15.8. The van der Waals surface area contributed by atoms with Crippen molar-refractivity contribution < 1.29 is 17.9 Å². The summed E-state index contributed by atoms with van der Waals surface area (Å²) in [6.45, 7) is 1.29. The van der Waals surface area contributed by atoms with Crippen LogP contribution in [0.4, 0.5) is 11.8 Å². The van der Waals surface area contributed by atoms with Gasteiger partial charge in [0.25, 0.3) is 5.91 Å². The minimum Gasteiger partial charge on any atom is -0.383 e. The highest BCUT2D eigenvalue weighted by molar-refractivity contribution is 7.91. The maximum absolute atomic E-state index is 12.0. The van der Waals surface area contributed by atoms with Crippen molar-refractivity contribution >= 4 is 38.5 Å². The molecule has 2 aliphatic rings. The summed E-state index contributed by atoms with van der Waals surface area (Å²) in [6, 6.07) is 10.8. The molecule has 4 heterocycles. The van der Waals surface area contributed by atoms with Gasteiger partial charge >= 0.3 is 0 Å². The number of nitrogens with two attached hydrogens (primary N) is 1. The third-order valence-electron chi connectivity index (χ3n) is 6.11. The van der Waals surface area contributed by atoms with Crippen molar-refractivity contribution in [1.82, 2.24) is 20.3 Å². The second kappa shape index (κ2) is 7.92. The summed E-state index contributed by atoms with van der Waals surface area (Å²) >= 11 is 0. The molecule has 0 saturated carbocycles. The van der Waals surface area contributed by atoms with Crippen LogP contribution < -0.4 is 16.0 Å². The number of aromatic nitrogens is 3. The lowest BCUT2D eigenvalue weighted by molar-refractivity contribution is -0.0363. The predicted octanol–water partition coefficient (Wildman–Crippen LogP) is 1.03. The summed E-state index contributed by atoms with van der Waals surface area (Å²) in [6.07, 6.45) is 0.457. The highest BCUT2D eigenvalue weighted by Crippen LogP contribution is 2.33. The molecule has 2 fully saturated rings. The smallest absolute Gasteiger partial charge is 0.251 e. The van der Waals surface area contributed by atoms with E-state index < -0.39 is 15.4 Å². The molecule has 10 nitrogen and oxygen atoms in total. The molecule has 1 aromatic carbocycles. The lowest BCUT2D eigenvalue weighted by Gasteiger charge is -2.39. The first kappa shape index (κ1) is 21.5. The average molecular weight is 469 g/mol. The Hall–Kier alpha value is -3.31. The average Bonchev–Trinajstić information content (AvgIpc) is 3.11. The number of fused-ring (bicyclic) bond motifs is 1. The Balaban J connectivity index is 1.50. The first-order valence-electron chi connectivity index (χ1n) is 10.6. The number of pyridine rings is 1. The van der Waals surface area contributed by atoms with E-state index in [0.29, 0.717) is 60.2 Å². The number of nitrogens with one attached hydrogen (secondary N) is 1. The van der Waals surface area contributed by atoms with Crippen LogP contribution in [-0.2, 0) is 14.6 Å². The van der Waals surface area contributed by atoms with Crippen LogP contribution in [0.5, 0.6) is 0 Å². The van der Waals surface area contributed by atoms with Crippen molar-refractivity contribution in [3.63, 3.8) is 0 Å². The highest BCUT2D eigenvalue weighted by Gasteiger charge is 2.46. The van der Waals surface area contributed by atoms with E-state index in [1.807, 2.05) is 23.1 Å². The van der Waals surface area contributed by atoms with E-state index in [9.17, 15) is 13.2 Å². The molecule has 33 heavy (non-hydrogen) atoms. The first-order valence-corrected chi connectivity index (χ1v) is 12.5. The number of ether oxygens (including phenoxy) is 1. The number of amides is 1. The van der Waals surface area contributed by atoms with Gasteiger partial charge in [-0.05, 0) is 30.7 Å². The van der Waals surface area contributed by atoms with Crippen LogP contribution in [0.2, 0.25) is 0 Å². The Morgan fingerprint density at radius 3 is 2.82 bits per heavy atom. The molecule has 2 saturated heterocycles. The standard InChI is InChI=1S/C22H24N6O4S/c1-24-20(29)15-4-2-3-14(11-15)17-6-5-16-18(23)26-21(27-19(16)25-17)28-8-9-32-22(12-28)7-10-33(30,31)13-22/h2-6,11H,7-10,12-13H2,1H3,(H,24,29)(H2,23,25,26,27)/t22-/m0/s1. The SMILES string of the molecule is CNC(=O)c1cccc(-c2ccc3c(N)nc(N4CCO[C@@]5(CCS(=O)(=O)C5)C4)nc3n2)c1. The Morgan fingerprint density at radius 1 is 1.21 bits per heavy atom. The Morgan fingerprint density at radius 2 is 2.06 bits per heavy atom. The van der Waals surface area contributed by atoms with Crippen LogP contribution in [0.15, 0.2) is 36.4 Å². The molecule has 3 aromatic rings. The fourth-order valence-corrected chi connectivity index (χ4v) is 6.38. The van der Waals surface area contributed by atoms with E-state index in [1.54, 1.807) is 25.2 Å². The van der Waals surface area contributed by atoms with Gasteiger partial charge in [-0.1, -0.05) is 12.1 Å². The van der Waals surface area contributed by atoms with E-state index in [2.05, 4.69) is 20.3 Å². The van der Waals surface area contributed by atoms with E-state index in [4.69, 9.17) is 10.5 Å². The van der Waals surface area contributed by atoms with Crippen LogP contribution in [0, 0.1) is 0 Å². The van der Waals surface area contributed by atoms with Crippen molar-refractivity contribution in [1.29, 1.82) is 0 Å².